The summed E-state index contributed by atoms with van der Waals surface area (Å²) >= 11 is 0. The van der Waals surface area contributed by atoms with Crippen molar-refractivity contribution >= 4 is 29.0 Å². The zero-order chi connectivity index (χ0) is 26.4. The van der Waals surface area contributed by atoms with Crippen LogP contribution in [0.5, 0.6) is 0 Å². The molecule has 2 aromatic carbocycles. The van der Waals surface area contributed by atoms with E-state index in [-0.39, 0.29) is 11.8 Å². The number of hydrogen-bond donors (Lipinski definition) is 1. The van der Waals surface area contributed by atoms with Crippen molar-refractivity contribution < 1.29 is 4.79 Å². The molecule has 1 unspecified atom stereocenters. The van der Waals surface area contributed by atoms with E-state index in [1.165, 1.54) is 12.0 Å². The molecular weight excluding hydrogens is 488 g/mol. The predicted molar refractivity (Wildman–Crippen MR) is 154 cm³/mol. The van der Waals surface area contributed by atoms with Crippen LogP contribution in [-0.4, -0.2) is 65.3 Å². The van der Waals surface area contributed by atoms with E-state index in [4.69, 9.17) is 0 Å². The zero-order valence-electron chi connectivity index (χ0n) is 21.9. The third kappa shape index (κ3) is 5.82. The fourth-order valence-corrected chi connectivity index (χ4v) is 5.31. The van der Waals surface area contributed by atoms with E-state index in [0.717, 1.165) is 68.5 Å². The van der Waals surface area contributed by atoms with Gasteiger partial charge in [0.05, 0.1) is 11.6 Å². The van der Waals surface area contributed by atoms with Gasteiger partial charge in [-0.2, -0.15) is 0 Å². The van der Waals surface area contributed by atoms with Gasteiger partial charge in [0.25, 0.3) is 0 Å². The van der Waals surface area contributed by atoms with Crippen molar-refractivity contribution in [1.29, 1.82) is 0 Å². The molecule has 1 amide bonds. The molecule has 2 saturated heterocycles. The molecule has 4 heterocycles. The first-order valence-corrected chi connectivity index (χ1v) is 13.5. The number of nitrogens with zero attached hydrogens (tertiary/aromatic N) is 7. The van der Waals surface area contributed by atoms with Crippen molar-refractivity contribution in [3.8, 4) is 11.3 Å². The molecule has 198 valence electrons. The Kier molecular flexibility index (Phi) is 7.29. The van der Waals surface area contributed by atoms with E-state index in [1.807, 2.05) is 54.6 Å². The number of para-hydroxylation sites is 1. The molecule has 0 bridgehead atoms. The zero-order valence-corrected chi connectivity index (χ0v) is 21.9. The second kappa shape index (κ2) is 11.5. The van der Waals surface area contributed by atoms with Gasteiger partial charge in [-0.15, -0.1) is 10.2 Å². The molecule has 9 heteroatoms. The third-order valence-corrected chi connectivity index (χ3v) is 7.47. The molecule has 9 nitrogen and oxygen atoms in total. The molecule has 2 aliphatic heterocycles. The monoisotopic (exact) mass is 520 g/mol. The standard InChI is InChI=1S/C30H32N8O/c39-30(24-10-7-15-38(21-24)28-14-13-26(34-35-28)23-8-3-1-4-9-23)33-27-20-29(32-22-31-27)37-18-16-36(17-19-37)25-11-5-2-6-12-25/h1-6,8-9,11-14,20,22,24H,7,10,15-19,21H2,(H,31,32,33,39). The lowest BCUT2D eigenvalue weighted by molar-refractivity contribution is -0.120. The van der Waals surface area contributed by atoms with Crippen LogP contribution in [0.4, 0.5) is 23.1 Å². The van der Waals surface area contributed by atoms with Gasteiger partial charge in [-0.05, 0) is 37.1 Å². The van der Waals surface area contributed by atoms with E-state index in [0.29, 0.717) is 12.4 Å². The van der Waals surface area contributed by atoms with E-state index < -0.39 is 0 Å². The van der Waals surface area contributed by atoms with Crippen LogP contribution in [0.15, 0.2) is 85.2 Å². The average molecular weight is 521 g/mol. The second-order valence-corrected chi connectivity index (χ2v) is 9.99. The van der Waals surface area contributed by atoms with Crippen LogP contribution in [-0.2, 0) is 4.79 Å². The minimum Gasteiger partial charge on any atom is -0.368 e. The number of rotatable bonds is 6. The van der Waals surface area contributed by atoms with Gasteiger partial charge >= 0.3 is 0 Å². The summed E-state index contributed by atoms with van der Waals surface area (Å²) in [6, 6.07) is 26.3. The summed E-state index contributed by atoms with van der Waals surface area (Å²) in [5.41, 5.74) is 3.12. The summed E-state index contributed by atoms with van der Waals surface area (Å²) in [6.07, 6.45) is 3.28. The molecule has 0 aliphatic carbocycles. The molecule has 1 atom stereocenters. The van der Waals surface area contributed by atoms with Crippen LogP contribution in [0.3, 0.4) is 0 Å². The number of aromatic nitrogens is 4. The smallest absolute Gasteiger partial charge is 0.230 e. The molecule has 6 rings (SSSR count). The molecule has 39 heavy (non-hydrogen) atoms. The maximum absolute atomic E-state index is 13.2. The van der Waals surface area contributed by atoms with E-state index in [2.05, 4.69) is 64.4 Å². The molecule has 0 spiro atoms. The van der Waals surface area contributed by atoms with E-state index in [9.17, 15) is 4.79 Å². The summed E-state index contributed by atoms with van der Waals surface area (Å²) in [6.45, 7) is 5.02. The van der Waals surface area contributed by atoms with Gasteiger partial charge < -0.3 is 20.0 Å². The topological polar surface area (TPSA) is 90.4 Å². The third-order valence-electron chi connectivity index (χ3n) is 7.47. The number of hydrogen-bond acceptors (Lipinski definition) is 8. The Bertz CT molecular complexity index is 1380. The fourth-order valence-electron chi connectivity index (χ4n) is 5.31. The number of carbonyl (C=O) groups excluding carboxylic acids is 1. The lowest BCUT2D eigenvalue weighted by Gasteiger charge is -2.36. The molecule has 4 aromatic rings. The Morgan fingerprint density at radius 3 is 2.23 bits per heavy atom. The quantitative estimate of drug-likeness (QED) is 0.406. The fraction of sp³-hybridized carbons (Fsp3) is 0.300. The summed E-state index contributed by atoms with van der Waals surface area (Å²) in [5, 5.41) is 11.9. The van der Waals surface area contributed by atoms with Crippen molar-refractivity contribution in [2.24, 2.45) is 5.92 Å². The number of piperazine rings is 1. The molecule has 0 saturated carbocycles. The minimum atomic E-state index is -0.151. The van der Waals surface area contributed by atoms with Gasteiger partial charge in [-0.3, -0.25) is 4.79 Å². The van der Waals surface area contributed by atoms with E-state index >= 15 is 0 Å². The number of piperidine rings is 1. The first kappa shape index (κ1) is 24.8. The minimum absolute atomic E-state index is 0.0212. The lowest BCUT2D eigenvalue weighted by Crippen LogP contribution is -2.46. The van der Waals surface area contributed by atoms with Crippen LogP contribution < -0.4 is 20.0 Å². The molecule has 2 fully saturated rings. The summed E-state index contributed by atoms with van der Waals surface area (Å²) in [5.74, 6) is 2.01. The van der Waals surface area contributed by atoms with Gasteiger partial charge in [0.15, 0.2) is 5.82 Å². The van der Waals surface area contributed by atoms with Crippen molar-refractivity contribution in [2.45, 2.75) is 12.8 Å². The first-order chi connectivity index (χ1) is 19.2. The molecule has 2 aliphatic rings. The van der Waals surface area contributed by atoms with Crippen LogP contribution in [0.1, 0.15) is 12.8 Å². The van der Waals surface area contributed by atoms with Gasteiger partial charge in [0.2, 0.25) is 5.91 Å². The summed E-state index contributed by atoms with van der Waals surface area (Å²) in [7, 11) is 0. The Morgan fingerprint density at radius 1 is 0.744 bits per heavy atom. The Labute approximate surface area is 228 Å². The van der Waals surface area contributed by atoms with Gasteiger partial charge in [0, 0.05) is 56.6 Å². The number of anilines is 4. The second-order valence-electron chi connectivity index (χ2n) is 9.99. The highest BCUT2D eigenvalue weighted by Crippen LogP contribution is 2.25. The molecule has 1 N–H and O–H groups in total. The highest BCUT2D eigenvalue weighted by atomic mass is 16.2. The molecular formula is C30H32N8O. The number of nitrogens with one attached hydrogen (secondary N) is 1. The maximum atomic E-state index is 13.2. The van der Waals surface area contributed by atoms with Crippen molar-refractivity contribution in [2.75, 3.05) is 59.3 Å². The highest BCUT2D eigenvalue weighted by molar-refractivity contribution is 5.92. The van der Waals surface area contributed by atoms with Crippen molar-refractivity contribution in [3.63, 3.8) is 0 Å². The molecule has 2 aromatic heterocycles. The van der Waals surface area contributed by atoms with Crippen LogP contribution in [0.2, 0.25) is 0 Å². The number of carbonyl (C=O) groups is 1. The van der Waals surface area contributed by atoms with Gasteiger partial charge in [-0.1, -0.05) is 48.5 Å². The molecule has 0 radical (unpaired) electrons. The average Bonchev–Trinajstić information content (AvgIpc) is 3.02. The van der Waals surface area contributed by atoms with Gasteiger partial charge in [-0.25, -0.2) is 9.97 Å². The highest BCUT2D eigenvalue weighted by Gasteiger charge is 2.27. The lowest BCUT2D eigenvalue weighted by atomic mass is 9.97. The first-order valence-electron chi connectivity index (χ1n) is 13.5. The van der Waals surface area contributed by atoms with Crippen LogP contribution in [0, 0.1) is 5.92 Å². The Morgan fingerprint density at radius 2 is 1.49 bits per heavy atom. The normalized spacial score (nSPS) is 17.6. The van der Waals surface area contributed by atoms with Crippen LogP contribution >= 0.6 is 0 Å². The predicted octanol–water partition coefficient (Wildman–Crippen LogP) is 4.12. The van der Waals surface area contributed by atoms with E-state index in [1.54, 1.807) is 0 Å². The van der Waals surface area contributed by atoms with Crippen molar-refractivity contribution in [1.82, 2.24) is 20.2 Å². The number of amides is 1. The summed E-state index contributed by atoms with van der Waals surface area (Å²) in [4.78, 5) is 28.8. The van der Waals surface area contributed by atoms with Crippen molar-refractivity contribution in [3.05, 3.63) is 85.2 Å². The summed E-state index contributed by atoms with van der Waals surface area (Å²) < 4.78 is 0. The van der Waals surface area contributed by atoms with Gasteiger partial charge in [0.1, 0.15) is 18.0 Å². The Hall–Kier alpha value is -4.53. The Balaban J connectivity index is 1.05. The maximum Gasteiger partial charge on any atom is 0.230 e. The number of benzene rings is 2. The van der Waals surface area contributed by atoms with Crippen LogP contribution in [0.25, 0.3) is 11.3 Å². The largest absolute Gasteiger partial charge is 0.368 e. The SMILES string of the molecule is O=C(Nc1cc(N2CCN(c3ccccc3)CC2)ncn1)C1CCCN(c2ccc(-c3ccccc3)nn2)C1.